The van der Waals surface area contributed by atoms with Crippen LogP contribution in [-0.4, -0.2) is 65.7 Å². The minimum atomic E-state index is -1.14. The van der Waals surface area contributed by atoms with Gasteiger partial charge in [0, 0.05) is 37.3 Å². The molecule has 0 spiro atoms. The monoisotopic (exact) mass is 616 g/mol. The topological polar surface area (TPSA) is 140 Å². The molecule has 0 fully saturated rings. The fraction of sp³-hybridized carbons (Fsp3) is 0.414. The molecule has 0 radical (unpaired) electrons. The second-order valence-corrected chi connectivity index (χ2v) is 10.9. The minimum absolute atomic E-state index is 0. The number of amides is 2. The summed E-state index contributed by atoms with van der Waals surface area (Å²) in [5.74, 6) is -1.56. The van der Waals surface area contributed by atoms with Crippen LogP contribution in [0.1, 0.15) is 78.9 Å². The molecule has 3 N–H and O–H groups in total. The summed E-state index contributed by atoms with van der Waals surface area (Å²) >= 11 is 0. The Morgan fingerprint density at radius 3 is 2.33 bits per heavy atom. The van der Waals surface area contributed by atoms with Crippen molar-refractivity contribution in [3.63, 3.8) is 0 Å². The number of aliphatic carboxylic acids is 1. The Labute approximate surface area is 245 Å². The number of nitrogens with zero attached hydrogens (tertiary/aromatic N) is 2. The molecule has 0 aliphatic carbocycles. The summed E-state index contributed by atoms with van der Waals surface area (Å²) in [5, 5.41) is 20.6. The summed E-state index contributed by atoms with van der Waals surface area (Å²) in [7, 11) is 1.53. The first-order valence-corrected chi connectivity index (χ1v) is 12.7. The van der Waals surface area contributed by atoms with Gasteiger partial charge in [-0.3, -0.25) is 24.6 Å². The van der Waals surface area contributed by atoms with Crippen LogP contribution in [-0.2, 0) is 21.5 Å². The largest absolute Gasteiger partial charge is 0.490 e. The van der Waals surface area contributed by atoms with Gasteiger partial charge in [-0.25, -0.2) is 0 Å². The zero-order valence-electron chi connectivity index (χ0n) is 23.9. The van der Waals surface area contributed by atoms with Gasteiger partial charge in [-0.2, -0.15) is 0 Å². The summed E-state index contributed by atoms with van der Waals surface area (Å²) in [6.07, 6.45) is -0.153. The molecule has 0 saturated heterocycles. The summed E-state index contributed by atoms with van der Waals surface area (Å²) in [5.41, 5.74) is 2.68. The van der Waals surface area contributed by atoms with Gasteiger partial charge in [-0.15, -0.1) is 17.0 Å². The first-order chi connectivity index (χ1) is 18.1. The number of ketones is 1. The van der Waals surface area contributed by atoms with Crippen LogP contribution in [0.2, 0.25) is 0 Å². The van der Waals surface area contributed by atoms with Crippen molar-refractivity contribution in [2.45, 2.75) is 59.6 Å². The Kier molecular flexibility index (Phi) is 10.3. The van der Waals surface area contributed by atoms with Crippen molar-refractivity contribution in [2.75, 3.05) is 25.0 Å². The number of hydrogen-bond acceptors (Lipinski definition) is 6. The van der Waals surface area contributed by atoms with Gasteiger partial charge in [0.15, 0.2) is 5.78 Å². The van der Waals surface area contributed by atoms with Crippen molar-refractivity contribution in [1.82, 2.24) is 10.2 Å². The van der Waals surface area contributed by atoms with E-state index in [1.165, 1.54) is 18.9 Å². The number of halogens is 1. The lowest BCUT2D eigenvalue weighted by molar-refractivity contribution is -0.136. The highest BCUT2D eigenvalue weighted by Crippen LogP contribution is 2.34. The summed E-state index contributed by atoms with van der Waals surface area (Å²) in [6, 6.07) is 8.26. The zero-order chi connectivity index (χ0) is 29.2. The Bertz CT molecular complexity index is 1350. The smallest absolute Gasteiger partial charge is 0.323 e. The van der Waals surface area contributed by atoms with E-state index in [-0.39, 0.29) is 47.2 Å². The van der Waals surface area contributed by atoms with Gasteiger partial charge >= 0.3 is 5.97 Å². The molecule has 2 aromatic rings. The van der Waals surface area contributed by atoms with Gasteiger partial charge < -0.3 is 25.0 Å². The number of ether oxygens (including phenoxy) is 1. The molecular weight excluding hydrogens is 580 g/mol. The van der Waals surface area contributed by atoms with Crippen molar-refractivity contribution in [1.29, 1.82) is 5.41 Å². The maximum Gasteiger partial charge on any atom is 0.323 e. The zero-order valence-corrected chi connectivity index (χ0v) is 25.6. The van der Waals surface area contributed by atoms with E-state index < -0.39 is 23.8 Å². The van der Waals surface area contributed by atoms with E-state index >= 15 is 0 Å². The van der Waals surface area contributed by atoms with E-state index in [1.807, 2.05) is 34.6 Å². The van der Waals surface area contributed by atoms with Crippen LogP contribution in [0.3, 0.4) is 0 Å². The molecule has 216 valence electrons. The van der Waals surface area contributed by atoms with Crippen molar-refractivity contribution in [2.24, 2.45) is 0 Å². The molecule has 1 aliphatic rings. The molecule has 1 heterocycles. The van der Waals surface area contributed by atoms with Gasteiger partial charge in [0.1, 0.15) is 18.1 Å². The number of rotatable bonds is 9. The minimum Gasteiger partial charge on any atom is -0.490 e. The van der Waals surface area contributed by atoms with E-state index in [1.54, 1.807) is 35.2 Å². The van der Waals surface area contributed by atoms with Gasteiger partial charge in [-0.05, 0) is 60.7 Å². The predicted molar refractivity (Wildman–Crippen MR) is 158 cm³/mol. The number of anilines is 1. The molecular formula is C29H37BrN4O6. The number of carbonyl (C=O) groups is 4. The lowest BCUT2D eigenvalue weighted by Gasteiger charge is -2.29. The number of carboxylic acids is 1. The highest BCUT2D eigenvalue weighted by atomic mass is 79.9. The van der Waals surface area contributed by atoms with E-state index in [9.17, 15) is 24.3 Å². The average Bonchev–Trinajstić information content (AvgIpc) is 3.13. The van der Waals surface area contributed by atoms with Gasteiger partial charge in [0.05, 0.1) is 18.2 Å². The number of fused-ring (bicyclic) bond motifs is 1. The molecule has 2 amide bonds. The van der Waals surface area contributed by atoms with Crippen LogP contribution in [0.5, 0.6) is 5.75 Å². The van der Waals surface area contributed by atoms with Crippen molar-refractivity contribution < 1.29 is 29.0 Å². The number of amidine groups is 1. The van der Waals surface area contributed by atoms with Crippen LogP contribution < -0.4 is 15.0 Å². The van der Waals surface area contributed by atoms with Crippen molar-refractivity contribution in [3.05, 3.63) is 58.1 Å². The van der Waals surface area contributed by atoms with E-state index in [4.69, 9.17) is 10.1 Å². The standard InChI is InChI=1S/C29H36N4O6.BrH/c1-16(2)39-25-11-19-13-32(27(30)20(19)12-21(25)28(38)31-7)14-24(35)18-8-9-23(22(10-18)29(4,5)6)33(17(3)34)15-26(36)37;/h8-12,16,30H,13-15H2,1-7H3,(H,31,38)(H,36,37);1H. The van der Waals surface area contributed by atoms with Crippen molar-refractivity contribution in [3.8, 4) is 5.75 Å². The number of Topliss-reactive ketones (excluding diaryl/α,β-unsaturated/α-hetero) is 1. The molecule has 0 unspecified atom stereocenters. The quantitative estimate of drug-likeness (QED) is 0.359. The highest BCUT2D eigenvalue weighted by molar-refractivity contribution is 8.93. The Morgan fingerprint density at radius 1 is 1.15 bits per heavy atom. The van der Waals surface area contributed by atoms with Crippen LogP contribution >= 0.6 is 17.0 Å². The Balaban J connectivity index is 0.00000560. The molecule has 0 atom stereocenters. The number of benzene rings is 2. The van der Waals surface area contributed by atoms with Crippen LogP contribution in [0.15, 0.2) is 30.3 Å². The second-order valence-electron chi connectivity index (χ2n) is 10.9. The van der Waals surface area contributed by atoms with E-state index in [0.717, 1.165) is 5.56 Å². The summed E-state index contributed by atoms with van der Waals surface area (Å²) in [6.45, 7) is 10.5. The Hall–Kier alpha value is -3.73. The summed E-state index contributed by atoms with van der Waals surface area (Å²) < 4.78 is 5.85. The van der Waals surface area contributed by atoms with Gasteiger partial charge in [-0.1, -0.05) is 20.8 Å². The maximum atomic E-state index is 13.4. The first-order valence-electron chi connectivity index (χ1n) is 12.7. The third-order valence-corrected chi connectivity index (χ3v) is 6.40. The lowest BCUT2D eigenvalue weighted by Crippen LogP contribution is -2.36. The van der Waals surface area contributed by atoms with Gasteiger partial charge in [0.2, 0.25) is 5.91 Å². The summed E-state index contributed by atoms with van der Waals surface area (Å²) in [4.78, 5) is 52.3. The van der Waals surface area contributed by atoms with E-state index in [0.29, 0.717) is 40.2 Å². The fourth-order valence-electron chi connectivity index (χ4n) is 4.54. The molecule has 0 saturated carbocycles. The number of hydrogen-bond donors (Lipinski definition) is 3. The molecule has 2 aromatic carbocycles. The third-order valence-electron chi connectivity index (χ3n) is 6.40. The fourth-order valence-corrected chi connectivity index (χ4v) is 4.54. The number of carboxylic acid groups (broad SMARTS) is 1. The first kappa shape index (κ1) is 32.5. The number of carbonyl (C=O) groups excluding carboxylic acids is 3. The number of nitrogens with one attached hydrogen (secondary N) is 2. The average molecular weight is 618 g/mol. The highest BCUT2D eigenvalue weighted by Gasteiger charge is 2.31. The van der Waals surface area contributed by atoms with Crippen LogP contribution in [0.25, 0.3) is 0 Å². The molecule has 3 rings (SSSR count). The van der Waals surface area contributed by atoms with Gasteiger partial charge in [0.25, 0.3) is 5.91 Å². The van der Waals surface area contributed by atoms with Crippen LogP contribution in [0.4, 0.5) is 5.69 Å². The Morgan fingerprint density at radius 2 is 1.80 bits per heavy atom. The third kappa shape index (κ3) is 7.07. The normalized spacial score (nSPS) is 12.5. The molecule has 1 aliphatic heterocycles. The molecule has 10 nitrogen and oxygen atoms in total. The van der Waals surface area contributed by atoms with Crippen molar-refractivity contribution >= 4 is 52.1 Å². The lowest BCUT2D eigenvalue weighted by atomic mass is 9.84. The van der Waals surface area contributed by atoms with E-state index in [2.05, 4.69) is 5.32 Å². The predicted octanol–water partition coefficient (Wildman–Crippen LogP) is 4.17. The SMILES string of the molecule is Br.CNC(=O)c1cc2c(cc1OC(C)C)CN(CC(=O)c1ccc(N(CC(=O)O)C(C)=O)c(C(C)(C)C)c1)C2=N. The molecule has 0 bridgehead atoms. The maximum absolute atomic E-state index is 13.4. The second kappa shape index (κ2) is 12.6. The molecule has 40 heavy (non-hydrogen) atoms. The molecule has 11 heteroatoms. The molecule has 0 aromatic heterocycles. The van der Waals surface area contributed by atoms with Crippen LogP contribution in [0, 0.1) is 5.41 Å².